The summed E-state index contributed by atoms with van der Waals surface area (Å²) in [5, 5.41) is 2.64. The van der Waals surface area contributed by atoms with Crippen LogP contribution in [0.4, 0.5) is 11.4 Å². The fourth-order valence-electron chi connectivity index (χ4n) is 3.12. The Labute approximate surface area is 159 Å². The Morgan fingerprint density at radius 3 is 2.65 bits per heavy atom. The number of rotatable bonds is 4. The monoisotopic (exact) mass is 368 g/mol. The van der Waals surface area contributed by atoms with Crippen LogP contribution < -0.4 is 10.2 Å². The van der Waals surface area contributed by atoms with Crippen LogP contribution in [0.2, 0.25) is 0 Å². The summed E-state index contributed by atoms with van der Waals surface area (Å²) in [6.45, 7) is 7.55. The molecule has 0 bridgehead atoms. The summed E-state index contributed by atoms with van der Waals surface area (Å²) in [6, 6.07) is 15.8. The predicted octanol–water partition coefficient (Wildman–Crippen LogP) is 4.38. The Bertz CT molecular complexity index is 847. The first-order valence-corrected chi connectivity index (χ1v) is 9.77. The van der Waals surface area contributed by atoms with Gasteiger partial charge in [0.15, 0.2) is 0 Å². The van der Waals surface area contributed by atoms with E-state index < -0.39 is 5.54 Å². The molecule has 4 nitrogen and oxygen atoms in total. The van der Waals surface area contributed by atoms with Gasteiger partial charge in [-0.2, -0.15) is 0 Å². The number of amides is 2. The molecule has 1 heterocycles. The zero-order chi connectivity index (χ0) is 18.9. The molecule has 5 heteroatoms. The number of anilines is 2. The van der Waals surface area contributed by atoms with Crippen molar-refractivity contribution >= 4 is 35.0 Å². The van der Waals surface area contributed by atoms with Crippen LogP contribution in [0, 0.1) is 6.92 Å². The number of nitrogens with zero attached hydrogens (tertiary/aromatic N) is 1. The lowest BCUT2D eigenvalue weighted by atomic mass is 9.96. The van der Waals surface area contributed by atoms with E-state index in [2.05, 4.69) is 30.4 Å². The highest BCUT2D eigenvalue weighted by atomic mass is 32.2. The number of para-hydroxylation sites is 2. The first-order valence-electron chi connectivity index (χ1n) is 8.72. The van der Waals surface area contributed by atoms with Gasteiger partial charge in [0.1, 0.15) is 5.54 Å². The summed E-state index contributed by atoms with van der Waals surface area (Å²) < 4.78 is 0. The normalized spacial score (nSPS) is 16.6. The SMILES string of the molecule is Cc1cccc(CS[C@@H](C)C(=O)N2c3ccccc3NC(=O)C2(C)C)c1. The molecule has 2 aromatic rings. The van der Waals surface area contributed by atoms with E-state index in [1.54, 1.807) is 30.5 Å². The van der Waals surface area contributed by atoms with E-state index in [0.29, 0.717) is 5.69 Å². The van der Waals surface area contributed by atoms with Gasteiger partial charge in [-0.25, -0.2) is 0 Å². The molecule has 26 heavy (non-hydrogen) atoms. The summed E-state index contributed by atoms with van der Waals surface area (Å²) in [5.41, 5.74) is 2.92. The lowest BCUT2D eigenvalue weighted by Gasteiger charge is -2.43. The number of fused-ring (bicyclic) bond motifs is 1. The lowest BCUT2D eigenvalue weighted by molar-refractivity contribution is -0.126. The van der Waals surface area contributed by atoms with Crippen molar-refractivity contribution in [1.82, 2.24) is 0 Å². The van der Waals surface area contributed by atoms with Crippen LogP contribution in [0.15, 0.2) is 48.5 Å². The second kappa shape index (κ2) is 7.16. The van der Waals surface area contributed by atoms with Crippen molar-refractivity contribution in [2.24, 2.45) is 0 Å². The van der Waals surface area contributed by atoms with Gasteiger partial charge in [0.2, 0.25) is 11.8 Å². The molecule has 0 radical (unpaired) electrons. The maximum atomic E-state index is 13.2. The number of aryl methyl sites for hydroxylation is 1. The molecule has 0 aliphatic carbocycles. The average Bonchev–Trinajstić information content (AvgIpc) is 2.60. The minimum Gasteiger partial charge on any atom is -0.322 e. The van der Waals surface area contributed by atoms with Gasteiger partial charge in [0, 0.05) is 5.75 Å². The van der Waals surface area contributed by atoms with Gasteiger partial charge in [-0.15, -0.1) is 11.8 Å². The third-order valence-electron chi connectivity index (χ3n) is 4.66. The topological polar surface area (TPSA) is 49.4 Å². The minimum absolute atomic E-state index is 0.0463. The van der Waals surface area contributed by atoms with E-state index in [9.17, 15) is 9.59 Å². The molecule has 0 spiro atoms. The molecule has 1 aliphatic rings. The van der Waals surface area contributed by atoms with E-state index in [0.717, 1.165) is 11.4 Å². The Hall–Kier alpha value is -2.27. The summed E-state index contributed by atoms with van der Waals surface area (Å²) >= 11 is 1.59. The minimum atomic E-state index is -0.927. The van der Waals surface area contributed by atoms with E-state index in [-0.39, 0.29) is 17.1 Å². The molecule has 0 fully saturated rings. The Kier molecular flexibility index (Phi) is 5.10. The Balaban J connectivity index is 1.82. The van der Waals surface area contributed by atoms with Crippen LogP contribution in [0.5, 0.6) is 0 Å². The maximum Gasteiger partial charge on any atom is 0.250 e. The zero-order valence-electron chi connectivity index (χ0n) is 15.6. The van der Waals surface area contributed by atoms with Crippen molar-refractivity contribution in [2.45, 2.75) is 44.2 Å². The quantitative estimate of drug-likeness (QED) is 0.871. The second-order valence-electron chi connectivity index (χ2n) is 7.15. The molecule has 2 amide bonds. The maximum absolute atomic E-state index is 13.2. The molecule has 1 N–H and O–H groups in total. The predicted molar refractivity (Wildman–Crippen MR) is 109 cm³/mol. The molecule has 0 saturated heterocycles. The third-order valence-corrected chi connectivity index (χ3v) is 5.86. The first-order chi connectivity index (χ1) is 12.3. The molecule has 3 rings (SSSR count). The van der Waals surface area contributed by atoms with Crippen molar-refractivity contribution < 1.29 is 9.59 Å². The smallest absolute Gasteiger partial charge is 0.250 e. The molecule has 0 saturated carbocycles. The third kappa shape index (κ3) is 3.49. The number of carbonyl (C=O) groups excluding carboxylic acids is 2. The lowest BCUT2D eigenvalue weighted by Crippen LogP contribution is -2.60. The number of benzene rings is 2. The molecule has 2 aromatic carbocycles. The highest BCUT2D eigenvalue weighted by molar-refractivity contribution is 7.99. The highest BCUT2D eigenvalue weighted by Gasteiger charge is 2.44. The Morgan fingerprint density at radius 1 is 1.19 bits per heavy atom. The molecule has 0 aromatic heterocycles. The zero-order valence-corrected chi connectivity index (χ0v) is 16.4. The number of thioether (sulfide) groups is 1. The second-order valence-corrected chi connectivity index (χ2v) is 8.48. The fraction of sp³-hybridized carbons (Fsp3) is 0.333. The molecule has 1 atom stereocenters. The molecule has 0 unspecified atom stereocenters. The standard InChI is InChI=1S/C21H24N2O2S/c1-14-8-7-9-16(12-14)13-26-15(2)19(24)23-18-11-6-5-10-17(18)22-20(25)21(23,3)4/h5-12,15H,13H2,1-4H3,(H,22,25)/t15-/m0/s1. The summed E-state index contributed by atoms with van der Waals surface area (Å²) in [6.07, 6.45) is 0. The number of hydrogen-bond acceptors (Lipinski definition) is 3. The molecule has 1 aliphatic heterocycles. The highest BCUT2D eigenvalue weighted by Crippen LogP contribution is 2.38. The number of nitrogens with one attached hydrogen (secondary N) is 1. The van der Waals surface area contributed by atoms with Crippen LogP contribution in [-0.2, 0) is 15.3 Å². The van der Waals surface area contributed by atoms with Crippen LogP contribution in [0.3, 0.4) is 0 Å². The van der Waals surface area contributed by atoms with Crippen molar-refractivity contribution in [1.29, 1.82) is 0 Å². The first kappa shape index (κ1) is 18.5. The van der Waals surface area contributed by atoms with Crippen molar-refractivity contribution in [3.63, 3.8) is 0 Å². The number of hydrogen-bond donors (Lipinski definition) is 1. The van der Waals surface area contributed by atoms with Gasteiger partial charge in [0.05, 0.1) is 16.6 Å². The van der Waals surface area contributed by atoms with Crippen LogP contribution >= 0.6 is 11.8 Å². The van der Waals surface area contributed by atoms with Gasteiger partial charge in [-0.05, 0) is 45.4 Å². The summed E-state index contributed by atoms with van der Waals surface area (Å²) in [7, 11) is 0. The fourth-order valence-corrected chi connectivity index (χ4v) is 3.99. The van der Waals surface area contributed by atoms with Crippen molar-refractivity contribution in [2.75, 3.05) is 10.2 Å². The van der Waals surface area contributed by atoms with E-state index in [1.165, 1.54) is 11.1 Å². The van der Waals surface area contributed by atoms with Gasteiger partial charge in [-0.1, -0.05) is 42.0 Å². The average molecular weight is 369 g/mol. The van der Waals surface area contributed by atoms with E-state index in [4.69, 9.17) is 0 Å². The van der Waals surface area contributed by atoms with Crippen LogP contribution in [-0.4, -0.2) is 22.6 Å². The van der Waals surface area contributed by atoms with Gasteiger partial charge < -0.3 is 5.32 Å². The van der Waals surface area contributed by atoms with Gasteiger partial charge >= 0.3 is 0 Å². The van der Waals surface area contributed by atoms with Crippen molar-refractivity contribution in [3.8, 4) is 0 Å². The molecular weight excluding hydrogens is 344 g/mol. The van der Waals surface area contributed by atoms with Gasteiger partial charge in [0.25, 0.3) is 0 Å². The molecular formula is C21H24N2O2S. The largest absolute Gasteiger partial charge is 0.322 e. The summed E-state index contributed by atoms with van der Waals surface area (Å²) in [4.78, 5) is 27.4. The number of carbonyl (C=O) groups is 2. The van der Waals surface area contributed by atoms with Gasteiger partial charge in [-0.3, -0.25) is 14.5 Å². The molecule has 136 valence electrons. The van der Waals surface area contributed by atoms with E-state index in [1.807, 2.05) is 37.3 Å². The van der Waals surface area contributed by atoms with Crippen molar-refractivity contribution in [3.05, 3.63) is 59.7 Å². The Morgan fingerprint density at radius 2 is 1.92 bits per heavy atom. The van der Waals surface area contributed by atoms with Crippen LogP contribution in [0.1, 0.15) is 31.9 Å². The van der Waals surface area contributed by atoms with Crippen LogP contribution in [0.25, 0.3) is 0 Å². The summed E-state index contributed by atoms with van der Waals surface area (Å²) in [5.74, 6) is 0.548. The van der Waals surface area contributed by atoms with E-state index >= 15 is 0 Å².